The van der Waals surface area contributed by atoms with Gasteiger partial charge in [-0.1, -0.05) is 0 Å². The van der Waals surface area contributed by atoms with Crippen molar-refractivity contribution >= 4 is 5.91 Å². The zero-order chi connectivity index (χ0) is 13.4. The Bertz CT molecular complexity index is 459. The Labute approximate surface area is 111 Å². The van der Waals surface area contributed by atoms with Gasteiger partial charge in [-0.2, -0.15) is 0 Å². The number of piperidine rings is 1. The summed E-state index contributed by atoms with van der Waals surface area (Å²) in [5, 5.41) is 13.4. The molecule has 0 saturated carbocycles. The van der Waals surface area contributed by atoms with Gasteiger partial charge in [-0.05, 0) is 37.8 Å². The Balaban J connectivity index is 1.59. The van der Waals surface area contributed by atoms with E-state index in [-0.39, 0.29) is 30.7 Å². The van der Waals surface area contributed by atoms with Gasteiger partial charge in [0.05, 0.1) is 6.10 Å². The number of amides is 1. The van der Waals surface area contributed by atoms with Crippen molar-refractivity contribution in [2.24, 2.45) is 0 Å². The van der Waals surface area contributed by atoms with Crippen molar-refractivity contribution in [1.82, 2.24) is 10.1 Å². The van der Waals surface area contributed by atoms with Crippen LogP contribution in [0.4, 0.5) is 0 Å². The molecule has 0 spiro atoms. The summed E-state index contributed by atoms with van der Waals surface area (Å²) >= 11 is 0. The Morgan fingerprint density at radius 2 is 2.21 bits per heavy atom. The molecular weight excluding hydrogens is 248 g/mol. The number of rotatable bonds is 3. The van der Waals surface area contributed by atoms with Crippen molar-refractivity contribution in [3.05, 3.63) is 11.8 Å². The van der Waals surface area contributed by atoms with Crippen LogP contribution in [0.25, 0.3) is 0 Å². The number of ether oxygens (including phenoxy) is 1. The molecule has 6 heteroatoms. The van der Waals surface area contributed by atoms with E-state index in [0.29, 0.717) is 24.5 Å². The van der Waals surface area contributed by atoms with Crippen LogP contribution >= 0.6 is 0 Å². The van der Waals surface area contributed by atoms with Gasteiger partial charge in [-0.3, -0.25) is 4.79 Å². The van der Waals surface area contributed by atoms with Gasteiger partial charge >= 0.3 is 0 Å². The number of aliphatic hydroxyl groups excluding tert-OH is 1. The van der Waals surface area contributed by atoms with Gasteiger partial charge in [-0.15, -0.1) is 0 Å². The maximum Gasteiger partial charge on any atom is 0.261 e. The molecule has 0 aliphatic carbocycles. The van der Waals surface area contributed by atoms with Crippen molar-refractivity contribution in [1.29, 1.82) is 0 Å². The molecule has 1 aromatic rings. The molecule has 104 valence electrons. The van der Waals surface area contributed by atoms with Crippen LogP contribution in [-0.2, 0) is 4.79 Å². The fourth-order valence-electron chi connectivity index (χ4n) is 3.18. The zero-order valence-corrected chi connectivity index (χ0v) is 10.9. The Kier molecular flexibility index (Phi) is 3.18. The minimum absolute atomic E-state index is 0.0188. The van der Waals surface area contributed by atoms with E-state index < -0.39 is 0 Å². The van der Waals surface area contributed by atoms with Crippen molar-refractivity contribution in [3.63, 3.8) is 0 Å². The van der Waals surface area contributed by atoms with Crippen molar-refractivity contribution in [2.45, 2.75) is 50.8 Å². The number of aryl methyl sites for hydroxylation is 1. The van der Waals surface area contributed by atoms with E-state index in [0.717, 1.165) is 12.8 Å². The monoisotopic (exact) mass is 266 g/mol. The molecule has 3 rings (SSSR count). The molecule has 1 N–H and O–H groups in total. The van der Waals surface area contributed by atoms with Crippen LogP contribution in [0, 0.1) is 6.92 Å². The summed E-state index contributed by atoms with van der Waals surface area (Å²) in [7, 11) is 0. The Morgan fingerprint density at radius 1 is 1.53 bits per heavy atom. The third-order valence-electron chi connectivity index (χ3n) is 3.95. The number of carbonyl (C=O) groups excluding carboxylic acids is 1. The highest BCUT2D eigenvalue weighted by molar-refractivity contribution is 5.79. The quantitative estimate of drug-likeness (QED) is 0.878. The van der Waals surface area contributed by atoms with Gasteiger partial charge in [-0.25, -0.2) is 0 Å². The maximum absolute atomic E-state index is 12.2. The number of carbonyl (C=O) groups is 1. The topological polar surface area (TPSA) is 75.8 Å². The summed E-state index contributed by atoms with van der Waals surface area (Å²) in [5.74, 6) is 0.971. The number of nitrogens with zero attached hydrogens (tertiary/aromatic N) is 2. The van der Waals surface area contributed by atoms with Crippen molar-refractivity contribution in [2.75, 3.05) is 6.61 Å². The maximum atomic E-state index is 12.2. The molecule has 3 heterocycles. The molecule has 2 unspecified atom stereocenters. The minimum atomic E-state index is -0.263. The summed E-state index contributed by atoms with van der Waals surface area (Å²) in [6.07, 6.45) is 3.07. The number of aliphatic hydroxyl groups is 1. The third kappa shape index (κ3) is 2.45. The lowest BCUT2D eigenvalue weighted by Crippen LogP contribution is -2.49. The average Bonchev–Trinajstić information content (AvgIpc) is 2.89. The lowest BCUT2D eigenvalue weighted by Gasteiger charge is -2.37. The number of aromatic nitrogens is 1. The summed E-state index contributed by atoms with van der Waals surface area (Å²) in [6.45, 7) is 1.75. The van der Waals surface area contributed by atoms with Crippen LogP contribution in [-0.4, -0.2) is 45.9 Å². The van der Waals surface area contributed by atoms with E-state index in [4.69, 9.17) is 9.26 Å². The minimum Gasteiger partial charge on any atom is -0.465 e. The molecule has 2 atom stereocenters. The van der Waals surface area contributed by atoms with Gasteiger partial charge in [0.2, 0.25) is 0 Å². The molecule has 2 fully saturated rings. The van der Waals surface area contributed by atoms with Crippen LogP contribution in [0.3, 0.4) is 0 Å². The predicted octanol–water partition coefficient (Wildman–Crippen LogP) is 0.876. The first-order valence-electron chi connectivity index (χ1n) is 6.69. The highest BCUT2D eigenvalue weighted by atomic mass is 16.5. The Morgan fingerprint density at radius 3 is 2.79 bits per heavy atom. The van der Waals surface area contributed by atoms with Gasteiger partial charge in [0, 0.05) is 18.2 Å². The van der Waals surface area contributed by atoms with Gasteiger partial charge in [0.15, 0.2) is 6.61 Å². The average molecular weight is 266 g/mol. The molecule has 1 aromatic heterocycles. The second kappa shape index (κ2) is 4.85. The largest absolute Gasteiger partial charge is 0.465 e. The molecule has 2 saturated heterocycles. The van der Waals surface area contributed by atoms with E-state index in [2.05, 4.69) is 5.16 Å². The van der Waals surface area contributed by atoms with Crippen LogP contribution < -0.4 is 4.74 Å². The highest BCUT2D eigenvalue weighted by Crippen LogP contribution is 2.35. The first-order valence-corrected chi connectivity index (χ1v) is 6.69. The summed E-state index contributed by atoms with van der Waals surface area (Å²) < 4.78 is 10.2. The van der Waals surface area contributed by atoms with E-state index in [9.17, 15) is 9.90 Å². The van der Waals surface area contributed by atoms with Gasteiger partial charge in [0.25, 0.3) is 11.8 Å². The predicted molar refractivity (Wildman–Crippen MR) is 65.6 cm³/mol. The lowest BCUT2D eigenvalue weighted by molar-refractivity contribution is -0.139. The molecule has 6 nitrogen and oxygen atoms in total. The van der Waals surface area contributed by atoms with E-state index >= 15 is 0 Å². The normalized spacial score (nSPS) is 29.6. The second-order valence-electron chi connectivity index (χ2n) is 5.38. The molecule has 19 heavy (non-hydrogen) atoms. The highest BCUT2D eigenvalue weighted by Gasteiger charge is 2.42. The Hall–Kier alpha value is -1.56. The first kappa shape index (κ1) is 12.5. The van der Waals surface area contributed by atoms with E-state index in [1.54, 1.807) is 13.0 Å². The fraction of sp³-hybridized carbons (Fsp3) is 0.692. The van der Waals surface area contributed by atoms with E-state index in [1.807, 2.05) is 4.90 Å². The molecule has 1 amide bonds. The molecule has 0 aromatic carbocycles. The van der Waals surface area contributed by atoms with Crippen LogP contribution in [0.5, 0.6) is 5.88 Å². The standard InChI is InChI=1S/C13H18N2O4/c1-8-4-12(14-19-8)18-7-13(17)15-9-2-3-10(15)6-11(16)5-9/h4,9-11,16H,2-3,5-7H2,1H3. The van der Waals surface area contributed by atoms with Crippen LogP contribution in [0.15, 0.2) is 10.6 Å². The van der Waals surface area contributed by atoms with Crippen LogP contribution in [0.2, 0.25) is 0 Å². The molecular formula is C13H18N2O4. The zero-order valence-electron chi connectivity index (χ0n) is 10.9. The second-order valence-corrected chi connectivity index (χ2v) is 5.38. The third-order valence-corrected chi connectivity index (χ3v) is 3.95. The SMILES string of the molecule is Cc1cc(OCC(=O)N2C3CCC2CC(O)C3)no1. The smallest absolute Gasteiger partial charge is 0.261 e. The number of hydrogen-bond donors (Lipinski definition) is 1. The molecule has 2 aliphatic rings. The van der Waals surface area contributed by atoms with Crippen molar-refractivity contribution < 1.29 is 19.2 Å². The first-order chi connectivity index (χ1) is 9.13. The molecule has 0 radical (unpaired) electrons. The summed E-state index contributed by atoms with van der Waals surface area (Å²) in [4.78, 5) is 14.1. The van der Waals surface area contributed by atoms with Crippen LogP contribution in [0.1, 0.15) is 31.4 Å². The summed E-state index contributed by atoms with van der Waals surface area (Å²) in [6, 6.07) is 2.00. The van der Waals surface area contributed by atoms with E-state index in [1.165, 1.54) is 0 Å². The van der Waals surface area contributed by atoms with Gasteiger partial charge in [0.1, 0.15) is 5.76 Å². The number of fused-ring (bicyclic) bond motifs is 2. The summed E-state index contributed by atoms with van der Waals surface area (Å²) in [5.41, 5.74) is 0. The molecule has 2 aliphatic heterocycles. The lowest BCUT2D eigenvalue weighted by atomic mass is 10.00. The number of hydrogen-bond acceptors (Lipinski definition) is 5. The van der Waals surface area contributed by atoms with Gasteiger partial charge < -0.3 is 19.3 Å². The van der Waals surface area contributed by atoms with Crippen molar-refractivity contribution in [3.8, 4) is 5.88 Å². The fourth-order valence-corrected chi connectivity index (χ4v) is 3.18. The molecule has 2 bridgehead atoms.